The van der Waals surface area contributed by atoms with Crippen molar-refractivity contribution in [1.82, 2.24) is 14.5 Å². The molecule has 1 aliphatic rings. The Labute approximate surface area is 132 Å². The predicted octanol–water partition coefficient (Wildman–Crippen LogP) is 1.57. The monoisotopic (exact) mass is 331 g/mol. The lowest BCUT2D eigenvalue weighted by molar-refractivity contribution is 0.302. The third kappa shape index (κ3) is 4.04. The number of hydrogen-bond donors (Lipinski definition) is 1. The van der Waals surface area contributed by atoms with Crippen LogP contribution in [-0.2, 0) is 16.6 Å². The van der Waals surface area contributed by atoms with E-state index in [0.717, 1.165) is 17.8 Å². The Hall–Kier alpha value is -0.470. The van der Waals surface area contributed by atoms with Crippen LogP contribution in [-0.4, -0.2) is 56.9 Å². The van der Waals surface area contributed by atoms with Gasteiger partial charge in [0.05, 0.1) is 4.90 Å². The molecule has 1 aliphatic heterocycles. The molecule has 0 aromatic carbocycles. The van der Waals surface area contributed by atoms with Gasteiger partial charge in [-0.25, -0.2) is 8.42 Å². The Balaban J connectivity index is 2.06. The second-order valence-electron chi connectivity index (χ2n) is 6.05. The van der Waals surface area contributed by atoms with Crippen molar-refractivity contribution in [2.75, 3.05) is 27.2 Å². The summed E-state index contributed by atoms with van der Waals surface area (Å²) < 4.78 is 26.9. The molecule has 7 heteroatoms. The minimum Gasteiger partial charge on any atom is -0.310 e. The van der Waals surface area contributed by atoms with Gasteiger partial charge in [0.1, 0.15) is 0 Å². The van der Waals surface area contributed by atoms with E-state index in [2.05, 4.69) is 24.1 Å². The minimum absolute atomic E-state index is 0.320. The van der Waals surface area contributed by atoms with Crippen LogP contribution in [0.5, 0.6) is 0 Å². The fourth-order valence-electron chi connectivity index (χ4n) is 2.39. The van der Waals surface area contributed by atoms with E-state index in [4.69, 9.17) is 0 Å². The molecule has 21 heavy (non-hydrogen) atoms. The van der Waals surface area contributed by atoms with Gasteiger partial charge in [-0.05, 0) is 26.6 Å². The van der Waals surface area contributed by atoms with Crippen molar-refractivity contribution in [3.63, 3.8) is 0 Å². The topological polar surface area (TPSA) is 52.7 Å². The summed E-state index contributed by atoms with van der Waals surface area (Å²) in [6, 6.07) is 2.52. The van der Waals surface area contributed by atoms with E-state index in [1.807, 2.05) is 14.1 Å². The zero-order chi connectivity index (χ0) is 15.6. The average molecular weight is 332 g/mol. The van der Waals surface area contributed by atoms with Crippen molar-refractivity contribution >= 4 is 21.4 Å². The average Bonchev–Trinajstić information content (AvgIpc) is 3.06. The van der Waals surface area contributed by atoms with Crippen LogP contribution < -0.4 is 5.32 Å². The van der Waals surface area contributed by atoms with Crippen molar-refractivity contribution in [2.24, 2.45) is 0 Å². The molecule has 0 radical (unpaired) electrons. The van der Waals surface area contributed by atoms with Crippen LogP contribution in [0.25, 0.3) is 0 Å². The van der Waals surface area contributed by atoms with Gasteiger partial charge in [-0.3, -0.25) is 0 Å². The molecule has 1 aromatic heterocycles. The largest absolute Gasteiger partial charge is 0.310 e. The van der Waals surface area contributed by atoms with Crippen molar-refractivity contribution < 1.29 is 8.42 Å². The zero-order valence-corrected chi connectivity index (χ0v) is 14.8. The number of rotatable bonds is 6. The van der Waals surface area contributed by atoms with Crippen LogP contribution in [0.15, 0.2) is 16.3 Å². The lowest BCUT2D eigenvalue weighted by atomic mass is 10.2. The van der Waals surface area contributed by atoms with Crippen LogP contribution in [0.4, 0.5) is 0 Å². The van der Waals surface area contributed by atoms with Gasteiger partial charge in [0.15, 0.2) is 0 Å². The Morgan fingerprint density at radius 3 is 2.76 bits per heavy atom. The van der Waals surface area contributed by atoms with Crippen LogP contribution in [0.2, 0.25) is 0 Å². The van der Waals surface area contributed by atoms with Crippen molar-refractivity contribution in [2.45, 2.75) is 43.8 Å². The molecule has 0 spiro atoms. The summed E-state index contributed by atoms with van der Waals surface area (Å²) in [6.45, 7) is 6.08. The quantitative estimate of drug-likeness (QED) is 0.860. The van der Waals surface area contributed by atoms with Gasteiger partial charge in [0.25, 0.3) is 0 Å². The smallest absolute Gasteiger partial charge is 0.243 e. The Morgan fingerprint density at radius 2 is 2.19 bits per heavy atom. The summed E-state index contributed by atoms with van der Waals surface area (Å²) >= 11 is 1.51. The molecule has 1 aromatic rings. The second-order valence-corrected chi connectivity index (χ2v) is 8.99. The van der Waals surface area contributed by atoms with Gasteiger partial charge in [0.2, 0.25) is 10.0 Å². The first-order valence-electron chi connectivity index (χ1n) is 7.28. The highest BCUT2D eigenvalue weighted by Crippen LogP contribution is 2.26. The fraction of sp³-hybridized carbons (Fsp3) is 0.714. The van der Waals surface area contributed by atoms with E-state index < -0.39 is 10.0 Å². The highest BCUT2D eigenvalue weighted by molar-refractivity contribution is 7.89. The third-order valence-electron chi connectivity index (χ3n) is 3.81. The summed E-state index contributed by atoms with van der Waals surface area (Å²) in [5, 5.41) is 5.07. The van der Waals surface area contributed by atoms with E-state index >= 15 is 0 Å². The summed E-state index contributed by atoms with van der Waals surface area (Å²) in [4.78, 5) is 3.60. The van der Waals surface area contributed by atoms with Gasteiger partial charge in [-0.15, -0.1) is 11.3 Å². The molecular weight excluding hydrogens is 306 g/mol. The Kier molecular flexibility index (Phi) is 5.43. The molecule has 1 N–H and O–H groups in total. The Morgan fingerprint density at radius 1 is 1.48 bits per heavy atom. The maximum Gasteiger partial charge on any atom is 0.243 e. The summed E-state index contributed by atoms with van der Waals surface area (Å²) in [7, 11) is 0.669. The van der Waals surface area contributed by atoms with Crippen LogP contribution >= 0.6 is 11.3 Å². The molecule has 0 aliphatic carbocycles. The Bertz CT molecular complexity index is 567. The number of hydrogen-bond acceptors (Lipinski definition) is 5. The molecule has 5 nitrogen and oxygen atoms in total. The first-order valence-corrected chi connectivity index (χ1v) is 9.60. The van der Waals surface area contributed by atoms with Gasteiger partial charge >= 0.3 is 0 Å². The van der Waals surface area contributed by atoms with E-state index in [-0.39, 0.29) is 0 Å². The maximum atomic E-state index is 12.6. The third-order valence-corrected chi connectivity index (χ3v) is 6.74. The second kappa shape index (κ2) is 6.75. The molecule has 2 heterocycles. The summed E-state index contributed by atoms with van der Waals surface area (Å²) in [5.41, 5.74) is 0. The highest BCUT2D eigenvalue weighted by Gasteiger charge is 2.33. The maximum absolute atomic E-state index is 12.6. The zero-order valence-electron chi connectivity index (χ0n) is 13.2. The summed E-state index contributed by atoms with van der Waals surface area (Å²) in [6.07, 6.45) is 0.901. The highest BCUT2D eigenvalue weighted by atomic mass is 32.2. The molecule has 1 saturated heterocycles. The lowest BCUT2D eigenvalue weighted by Crippen LogP contribution is -2.34. The van der Waals surface area contributed by atoms with Gasteiger partial charge < -0.3 is 10.2 Å². The van der Waals surface area contributed by atoms with Gasteiger partial charge in [0, 0.05) is 42.0 Å². The van der Waals surface area contributed by atoms with Crippen LogP contribution in [0, 0.1) is 0 Å². The standard InChI is InChI=1S/C14H25N3O2S2/c1-11(2)15-8-13-7-14(10-20-13)21(18,19)17-6-5-12(9-17)16(3)4/h7,10-12,15H,5-6,8-9H2,1-4H3. The number of thiophene rings is 1. The molecule has 120 valence electrons. The van der Waals surface area contributed by atoms with E-state index in [1.165, 1.54) is 11.3 Å². The predicted molar refractivity (Wildman–Crippen MR) is 87.1 cm³/mol. The first-order chi connectivity index (χ1) is 9.80. The fourth-order valence-corrected chi connectivity index (χ4v) is 5.10. The van der Waals surface area contributed by atoms with E-state index in [1.54, 1.807) is 15.8 Å². The molecular formula is C14H25N3O2S2. The molecule has 2 rings (SSSR count). The first kappa shape index (κ1) is 16.9. The van der Waals surface area contributed by atoms with Crippen molar-refractivity contribution in [3.05, 3.63) is 16.3 Å². The molecule has 1 atom stereocenters. The SMILES string of the molecule is CC(C)NCc1cc(S(=O)(=O)N2CCC(N(C)C)C2)cs1. The van der Waals surface area contributed by atoms with Gasteiger partial charge in [-0.1, -0.05) is 13.8 Å². The summed E-state index contributed by atoms with van der Waals surface area (Å²) in [5.74, 6) is 0. The molecule has 1 fully saturated rings. The van der Waals surface area contributed by atoms with Crippen molar-refractivity contribution in [3.8, 4) is 0 Å². The van der Waals surface area contributed by atoms with Crippen molar-refractivity contribution in [1.29, 1.82) is 0 Å². The van der Waals surface area contributed by atoms with Gasteiger partial charge in [-0.2, -0.15) is 4.31 Å². The van der Waals surface area contributed by atoms with Crippen LogP contribution in [0.1, 0.15) is 25.1 Å². The number of nitrogens with one attached hydrogen (secondary N) is 1. The lowest BCUT2D eigenvalue weighted by Gasteiger charge is -2.19. The minimum atomic E-state index is -3.33. The molecule has 0 saturated carbocycles. The molecule has 0 amide bonds. The molecule has 1 unspecified atom stereocenters. The van der Waals surface area contributed by atoms with E-state index in [9.17, 15) is 8.42 Å². The normalized spacial score (nSPS) is 20.8. The number of likely N-dealkylation sites (N-methyl/N-ethyl adjacent to an activating group) is 1. The number of sulfonamides is 1. The van der Waals surface area contributed by atoms with Crippen LogP contribution in [0.3, 0.4) is 0 Å². The van der Waals surface area contributed by atoms with E-state index in [0.29, 0.717) is 30.1 Å². The number of nitrogens with zero attached hydrogens (tertiary/aromatic N) is 2. The molecule has 0 bridgehead atoms.